The first-order valence-electron chi connectivity index (χ1n) is 22.0. The van der Waals surface area contributed by atoms with Crippen molar-refractivity contribution in [1.82, 2.24) is 0 Å². The third-order valence-corrected chi connectivity index (χ3v) is 13.9. The Morgan fingerprint density at radius 3 is 1.25 bits per heavy atom. The number of hydrogen-bond acceptors (Lipinski definition) is 0. The minimum absolute atomic E-state index is 0.393. The summed E-state index contributed by atoms with van der Waals surface area (Å²) in [5.41, 5.74) is 20.3. The van der Waals surface area contributed by atoms with Gasteiger partial charge in [0.15, 0.2) is 0 Å². The molecule has 0 heterocycles. The zero-order valence-electron chi connectivity index (χ0n) is 34.6. The standard InChI is InChI=1S/C63H40/c1-2-16-42(17-3-1)47-38-36-43(46-18-4-5-19-48(46)47)33-30-41-31-34-44(35-32-41)61-53-23-6-8-25-55(53)62(56-26-9-7-24-54(56)61)45-37-39-52-51-22-12-15-29-59(51)63(60(52)40-45)57-27-13-10-20-49(57)50-21-11-14-28-58(50)63/h1-40H. The normalized spacial score (nSPS) is 13.1. The van der Waals surface area contributed by atoms with E-state index in [1.54, 1.807) is 0 Å². The predicted molar refractivity (Wildman–Crippen MR) is 267 cm³/mol. The van der Waals surface area contributed by atoms with Gasteiger partial charge in [-0.05, 0) is 127 Å². The van der Waals surface area contributed by atoms with Crippen LogP contribution in [0.2, 0.25) is 0 Å². The summed E-state index contributed by atoms with van der Waals surface area (Å²) in [6, 6.07) is 85.6. The van der Waals surface area contributed by atoms with Crippen LogP contribution in [0.4, 0.5) is 0 Å². The molecule has 0 heteroatoms. The van der Waals surface area contributed by atoms with Crippen molar-refractivity contribution in [2.75, 3.05) is 0 Å². The Bertz CT molecular complexity index is 3540. The van der Waals surface area contributed by atoms with Crippen molar-refractivity contribution < 1.29 is 0 Å². The molecule has 1 spiro atoms. The molecule has 13 rings (SSSR count). The van der Waals surface area contributed by atoms with Crippen LogP contribution in [0.1, 0.15) is 33.4 Å². The van der Waals surface area contributed by atoms with Gasteiger partial charge < -0.3 is 0 Å². The van der Waals surface area contributed by atoms with E-state index in [2.05, 4.69) is 243 Å². The minimum Gasteiger partial charge on any atom is -0.0622 e. The maximum atomic E-state index is 2.53. The Morgan fingerprint density at radius 2 is 0.683 bits per heavy atom. The molecular formula is C63H40. The summed E-state index contributed by atoms with van der Waals surface area (Å²) in [5.74, 6) is 0. The second-order valence-electron chi connectivity index (χ2n) is 17.1. The average molecular weight is 797 g/mol. The highest BCUT2D eigenvalue weighted by atomic mass is 14.5. The lowest BCUT2D eigenvalue weighted by molar-refractivity contribution is 0.794. The first kappa shape index (κ1) is 35.7. The van der Waals surface area contributed by atoms with Crippen LogP contribution in [0, 0.1) is 0 Å². The molecule has 11 aromatic carbocycles. The molecule has 0 amide bonds. The van der Waals surface area contributed by atoms with E-state index in [9.17, 15) is 0 Å². The Balaban J connectivity index is 0.941. The molecule has 0 bridgehead atoms. The number of benzene rings is 11. The van der Waals surface area contributed by atoms with E-state index >= 15 is 0 Å². The molecule has 0 fully saturated rings. The molecule has 0 aromatic heterocycles. The smallest absolute Gasteiger partial charge is 0.0622 e. The Morgan fingerprint density at radius 1 is 0.254 bits per heavy atom. The van der Waals surface area contributed by atoms with Gasteiger partial charge in [0.1, 0.15) is 0 Å². The Labute approximate surface area is 367 Å². The molecule has 0 saturated carbocycles. The van der Waals surface area contributed by atoms with E-state index in [4.69, 9.17) is 0 Å². The van der Waals surface area contributed by atoms with Gasteiger partial charge in [0.05, 0.1) is 5.41 Å². The summed E-state index contributed by atoms with van der Waals surface area (Å²) in [6.45, 7) is 0. The number of hydrogen-bond donors (Lipinski definition) is 0. The van der Waals surface area contributed by atoms with Crippen molar-refractivity contribution in [1.29, 1.82) is 0 Å². The largest absolute Gasteiger partial charge is 0.0725 e. The molecule has 63 heavy (non-hydrogen) atoms. The van der Waals surface area contributed by atoms with Gasteiger partial charge in [-0.2, -0.15) is 0 Å². The maximum Gasteiger partial charge on any atom is 0.0725 e. The van der Waals surface area contributed by atoms with Crippen molar-refractivity contribution in [3.63, 3.8) is 0 Å². The maximum absolute atomic E-state index is 2.53. The third kappa shape index (κ3) is 5.22. The molecule has 0 atom stereocenters. The summed E-state index contributed by atoms with van der Waals surface area (Å²) < 4.78 is 0. The molecule has 0 radical (unpaired) electrons. The fourth-order valence-corrected chi connectivity index (χ4v) is 11.3. The summed E-state index contributed by atoms with van der Waals surface area (Å²) in [4.78, 5) is 0. The van der Waals surface area contributed by atoms with Crippen LogP contribution < -0.4 is 0 Å². The molecule has 0 saturated heterocycles. The lowest BCUT2D eigenvalue weighted by Crippen LogP contribution is -2.25. The third-order valence-electron chi connectivity index (χ3n) is 13.9. The second kappa shape index (κ2) is 14.0. The van der Waals surface area contributed by atoms with Crippen molar-refractivity contribution in [3.8, 4) is 55.6 Å². The van der Waals surface area contributed by atoms with Crippen molar-refractivity contribution in [2.45, 2.75) is 5.41 Å². The van der Waals surface area contributed by atoms with Crippen LogP contribution >= 0.6 is 0 Å². The van der Waals surface area contributed by atoms with Crippen molar-refractivity contribution in [2.24, 2.45) is 0 Å². The van der Waals surface area contributed by atoms with Crippen LogP contribution in [0.25, 0.3) is 100 Å². The molecule has 0 N–H and O–H groups in total. The molecule has 0 nitrogen and oxygen atoms in total. The van der Waals surface area contributed by atoms with Crippen LogP contribution in [0.3, 0.4) is 0 Å². The second-order valence-corrected chi connectivity index (χ2v) is 17.1. The van der Waals surface area contributed by atoms with Gasteiger partial charge in [0.2, 0.25) is 0 Å². The topological polar surface area (TPSA) is 0 Å². The van der Waals surface area contributed by atoms with Crippen molar-refractivity contribution >= 4 is 44.5 Å². The molecule has 2 aliphatic carbocycles. The predicted octanol–water partition coefficient (Wildman–Crippen LogP) is 16.7. The number of rotatable bonds is 5. The van der Waals surface area contributed by atoms with Gasteiger partial charge in [-0.3, -0.25) is 0 Å². The van der Waals surface area contributed by atoms with Gasteiger partial charge >= 0.3 is 0 Å². The van der Waals surface area contributed by atoms with Crippen LogP contribution in [0.15, 0.2) is 231 Å². The fraction of sp³-hybridized carbons (Fsp3) is 0.0159. The Kier molecular flexibility index (Phi) is 7.92. The average Bonchev–Trinajstić information content (AvgIpc) is 3.82. The van der Waals surface area contributed by atoms with E-state index in [0.29, 0.717) is 0 Å². The van der Waals surface area contributed by atoms with E-state index in [1.165, 1.54) is 121 Å². The van der Waals surface area contributed by atoms with Gasteiger partial charge in [-0.1, -0.05) is 237 Å². The van der Waals surface area contributed by atoms with E-state index in [-0.39, 0.29) is 0 Å². The monoisotopic (exact) mass is 796 g/mol. The minimum atomic E-state index is -0.393. The van der Waals surface area contributed by atoms with Crippen LogP contribution in [-0.2, 0) is 5.41 Å². The molecule has 2 aliphatic rings. The van der Waals surface area contributed by atoms with Crippen molar-refractivity contribution in [3.05, 3.63) is 264 Å². The molecule has 0 unspecified atom stereocenters. The highest BCUT2D eigenvalue weighted by molar-refractivity contribution is 6.21. The molecule has 292 valence electrons. The summed E-state index contributed by atoms with van der Waals surface area (Å²) >= 11 is 0. The fourth-order valence-electron chi connectivity index (χ4n) is 11.3. The lowest BCUT2D eigenvalue weighted by Gasteiger charge is -2.30. The van der Waals surface area contributed by atoms with E-state index < -0.39 is 5.41 Å². The van der Waals surface area contributed by atoms with Crippen LogP contribution in [-0.4, -0.2) is 0 Å². The highest BCUT2D eigenvalue weighted by Gasteiger charge is 2.51. The highest BCUT2D eigenvalue weighted by Crippen LogP contribution is 2.63. The van der Waals surface area contributed by atoms with Gasteiger partial charge in [-0.25, -0.2) is 0 Å². The summed E-state index contributed by atoms with van der Waals surface area (Å²) in [5, 5.41) is 7.56. The van der Waals surface area contributed by atoms with Gasteiger partial charge in [0, 0.05) is 0 Å². The number of fused-ring (bicyclic) bond motifs is 13. The lowest BCUT2D eigenvalue weighted by atomic mass is 9.70. The van der Waals surface area contributed by atoms with Crippen LogP contribution in [0.5, 0.6) is 0 Å². The van der Waals surface area contributed by atoms with Gasteiger partial charge in [-0.15, -0.1) is 0 Å². The SMILES string of the molecule is C(=Cc1ccc(-c2ccccc2)c2ccccc12)c1ccc(-c2c3ccccc3c(-c3ccc4c(c3)C3(c5ccccc5-c5ccccc53)c3ccccc3-4)c3ccccc23)cc1. The van der Waals surface area contributed by atoms with Gasteiger partial charge in [0.25, 0.3) is 0 Å². The molecule has 0 aliphatic heterocycles. The van der Waals surface area contributed by atoms with E-state index in [1.807, 2.05) is 0 Å². The zero-order chi connectivity index (χ0) is 41.5. The van der Waals surface area contributed by atoms with E-state index in [0.717, 1.165) is 0 Å². The first-order valence-corrected chi connectivity index (χ1v) is 22.0. The first-order chi connectivity index (χ1) is 31.3. The quantitative estimate of drug-likeness (QED) is 0.120. The Hall–Kier alpha value is -8.06. The zero-order valence-corrected chi connectivity index (χ0v) is 34.6. The molecular weight excluding hydrogens is 757 g/mol. The summed E-state index contributed by atoms with van der Waals surface area (Å²) in [7, 11) is 0. The summed E-state index contributed by atoms with van der Waals surface area (Å²) in [6.07, 6.45) is 4.50. The molecule has 11 aromatic rings.